The summed E-state index contributed by atoms with van der Waals surface area (Å²) >= 11 is 1.45. The Kier molecular flexibility index (Phi) is 5.45. The maximum atomic E-state index is 9.49. The third-order valence-corrected chi connectivity index (χ3v) is 4.36. The van der Waals surface area contributed by atoms with Gasteiger partial charge in [-0.2, -0.15) is 5.26 Å². The van der Waals surface area contributed by atoms with E-state index in [1.807, 2.05) is 66.9 Å². The number of hydrogen-bond donors (Lipinski definition) is 1. The summed E-state index contributed by atoms with van der Waals surface area (Å²) in [6.07, 6.45) is 1.67. The van der Waals surface area contributed by atoms with Crippen LogP contribution in [0, 0.1) is 11.3 Å². The lowest BCUT2D eigenvalue weighted by Gasteiger charge is -2.09. The quantitative estimate of drug-likeness (QED) is 0.624. The van der Waals surface area contributed by atoms with Gasteiger partial charge in [0, 0.05) is 17.1 Å². The van der Waals surface area contributed by atoms with Gasteiger partial charge < -0.3 is 10.1 Å². The van der Waals surface area contributed by atoms with E-state index >= 15 is 0 Å². The van der Waals surface area contributed by atoms with Gasteiger partial charge in [-0.05, 0) is 19.1 Å². The molecule has 0 saturated carbocycles. The smallest absolute Gasteiger partial charge is 0.142 e. The number of ether oxygens (including phenoxy) is 1. The number of rotatable bonds is 6. The van der Waals surface area contributed by atoms with Crippen molar-refractivity contribution in [2.24, 2.45) is 0 Å². The summed E-state index contributed by atoms with van der Waals surface area (Å²) in [6, 6.07) is 19.8. The van der Waals surface area contributed by atoms with Crippen LogP contribution >= 0.6 is 11.3 Å². The lowest BCUT2D eigenvalue weighted by Crippen LogP contribution is -1.97. The van der Waals surface area contributed by atoms with E-state index in [-0.39, 0.29) is 0 Å². The van der Waals surface area contributed by atoms with Gasteiger partial charge in [-0.3, -0.25) is 0 Å². The van der Waals surface area contributed by atoms with Gasteiger partial charge in [-0.25, -0.2) is 4.98 Å². The van der Waals surface area contributed by atoms with Crippen molar-refractivity contribution >= 4 is 22.6 Å². The number of allylic oxidation sites excluding steroid dienone is 1. The van der Waals surface area contributed by atoms with Gasteiger partial charge in [0.05, 0.1) is 18.0 Å². The van der Waals surface area contributed by atoms with Crippen LogP contribution in [0.25, 0.3) is 16.8 Å². The molecule has 0 spiro atoms. The van der Waals surface area contributed by atoms with E-state index in [0.29, 0.717) is 17.2 Å². The zero-order valence-electron chi connectivity index (χ0n) is 13.8. The van der Waals surface area contributed by atoms with Gasteiger partial charge in [0.2, 0.25) is 0 Å². The highest BCUT2D eigenvalue weighted by Crippen LogP contribution is 2.27. The van der Waals surface area contributed by atoms with E-state index in [0.717, 1.165) is 22.7 Å². The summed E-state index contributed by atoms with van der Waals surface area (Å²) in [5, 5.41) is 15.3. The number of hydrogen-bond acceptors (Lipinski definition) is 5. The van der Waals surface area contributed by atoms with E-state index in [1.54, 1.807) is 6.20 Å². The second-order valence-electron chi connectivity index (χ2n) is 5.15. The van der Waals surface area contributed by atoms with Crippen LogP contribution in [0.4, 0.5) is 5.69 Å². The first-order chi connectivity index (χ1) is 12.3. The summed E-state index contributed by atoms with van der Waals surface area (Å²) in [5.41, 5.74) is 3.21. The number of nitrogens with one attached hydrogen (secondary N) is 1. The van der Waals surface area contributed by atoms with Gasteiger partial charge in [0.1, 0.15) is 22.4 Å². The SMILES string of the molecule is CCOc1ccccc1N/C=C(\C#N)c1nc(-c2ccccc2)cs1. The first kappa shape index (κ1) is 16.7. The van der Waals surface area contributed by atoms with Gasteiger partial charge in [0.25, 0.3) is 0 Å². The van der Waals surface area contributed by atoms with Crippen LogP contribution in [0.1, 0.15) is 11.9 Å². The fraction of sp³-hybridized carbons (Fsp3) is 0.100. The molecule has 1 N–H and O–H groups in total. The molecule has 0 fully saturated rings. The average molecular weight is 347 g/mol. The van der Waals surface area contributed by atoms with E-state index < -0.39 is 0 Å². The van der Waals surface area contributed by atoms with Crippen molar-refractivity contribution in [1.29, 1.82) is 5.26 Å². The number of nitriles is 1. The molecule has 0 bridgehead atoms. The van der Waals surface area contributed by atoms with E-state index in [1.165, 1.54) is 11.3 Å². The molecule has 0 unspecified atom stereocenters. The maximum absolute atomic E-state index is 9.49. The molecule has 124 valence electrons. The highest BCUT2D eigenvalue weighted by atomic mass is 32.1. The molecule has 25 heavy (non-hydrogen) atoms. The summed E-state index contributed by atoms with van der Waals surface area (Å²) in [5.74, 6) is 0.752. The Morgan fingerprint density at radius 2 is 1.96 bits per heavy atom. The lowest BCUT2D eigenvalue weighted by molar-refractivity contribution is 0.342. The molecular weight excluding hydrogens is 330 g/mol. The number of nitrogens with zero attached hydrogens (tertiary/aromatic N) is 2. The Hall–Kier alpha value is -3.10. The zero-order chi connectivity index (χ0) is 17.5. The molecule has 5 heteroatoms. The van der Waals surface area contributed by atoms with Crippen molar-refractivity contribution in [2.45, 2.75) is 6.92 Å². The molecule has 0 saturated heterocycles. The van der Waals surface area contributed by atoms with Crippen LogP contribution in [-0.4, -0.2) is 11.6 Å². The van der Waals surface area contributed by atoms with Gasteiger partial charge >= 0.3 is 0 Å². The van der Waals surface area contributed by atoms with E-state index in [2.05, 4.69) is 16.4 Å². The Labute approximate surface area is 151 Å². The Bertz CT molecular complexity index is 910. The van der Waals surface area contributed by atoms with Crippen LogP contribution in [0.2, 0.25) is 0 Å². The molecular formula is C20H17N3OS. The molecule has 0 atom stereocenters. The molecule has 0 aliphatic heterocycles. The average Bonchev–Trinajstić information content (AvgIpc) is 3.14. The van der Waals surface area contributed by atoms with Crippen molar-refractivity contribution in [3.05, 3.63) is 71.2 Å². The number of para-hydroxylation sites is 2. The second-order valence-corrected chi connectivity index (χ2v) is 6.01. The highest BCUT2D eigenvalue weighted by molar-refractivity contribution is 7.11. The van der Waals surface area contributed by atoms with Crippen molar-refractivity contribution in [1.82, 2.24) is 4.98 Å². The van der Waals surface area contributed by atoms with Crippen LogP contribution in [-0.2, 0) is 0 Å². The van der Waals surface area contributed by atoms with Crippen molar-refractivity contribution in [3.63, 3.8) is 0 Å². The van der Waals surface area contributed by atoms with Crippen molar-refractivity contribution in [3.8, 4) is 23.1 Å². The minimum atomic E-state index is 0.485. The molecule has 2 aromatic carbocycles. The molecule has 0 aliphatic rings. The zero-order valence-corrected chi connectivity index (χ0v) is 14.6. The molecule has 1 heterocycles. The monoisotopic (exact) mass is 347 g/mol. The first-order valence-electron chi connectivity index (χ1n) is 7.91. The molecule has 3 rings (SSSR count). The fourth-order valence-corrected chi connectivity index (χ4v) is 3.09. The first-order valence-corrected chi connectivity index (χ1v) is 8.79. The summed E-state index contributed by atoms with van der Waals surface area (Å²) < 4.78 is 5.58. The normalized spacial score (nSPS) is 11.0. The van der Waals surface area contributed by atoms with Crippen LogP contribution in [0.5, 0.6) is 5.75 Å². The second kappa shape index (κ2) is 8.13. The Morgan fingerprint density at radius 3 is 2.72 bits per heavy atom. The highest BCUT2D eigenvalue weighted by Gasteiger charge is 2.09. The Balaban J connectivity index is 1.83. The fourth-order valence-electron chi connectivity index (χ4n) is 2.30. The number of benzene rings is 2. The summed E-state index contributed by atoms with van der Waals surface area (Å²) in [4.78, 5) is 4.58. The minimum absolute atomic E-state index is 0.485. The van der Waals surface area contributed by atoms with Crippen LogP contribution in [0.15, 0.2) is 66.2 Å². The predicted molar refractivity (Wildman–Crippen MR) is 102 cm³/mol. The maximum Gasteiger partial charge on any atom is 0.142 e. The Morgan fingerprint density at radius 1 is 1.20 bits per heavy atom. The molecule has 1 aromatic heterocycles. The molecule has 0 aliphatic carbocycles. The number of aromatic nitrogens is 1. The predicted octanol–water partition coefficient (Wildman–Crippen LogP) is 5.19. The van der Waals surface area contributed by atoms with Crippen LogP contribution in [0.3, 0.4) is 0 Å². The van der Waals surface area contributed by atoms with Gasteiger partial charge in [-0.1, -0.05) is 42.5 Å². The third-order valence-electron chi connectivity index (χ3n) is 3.48. The topological polar surface area (TPSA) is 57.9 Å². The van der Waals surface area contributed by atoms with Gasteiger partial charge in [-0.15, -0.1) is 11.3 Å². The summed E-state index contributed by atoms with van der Waals surface area (Å²) in [7, 11) is 0. The van der Waals surface area contributed by atoms with E-state index in [9.17, 15) is 5.26 Å². The lowest BCUT2D eigenvalue weighted by atomic mass is 10.2. The largest absolute Gasteiger partial charge is 0.492 e. The molecule has 0 amide bonds. The van der Waals surface area contributed by atoms with Crippen molar-refractivity contribution in [2.75, 3.05) is 11.9 Å². The van der Waals surface area contributed by atoms with Crippen LogP contribution < -0.4 is 10.1 Å². The number of anilines is 1. The number of thiazole rings is 1. The third kappa shape index (κ3) is 4.06. The standard InChI is InChI=1S/C20H17N3OS/c1-2-24-19-11-7-6-10-17(19)22-13-16(12-21)20-23-18(14-25-20)15-8-4-3-5-9-15/h3-11,13-14,22H,2H2,1H3/b16-13+. The van der Waals surface area contributed by atoms with E-state index in [4.69, 9.17) is 4.74 Å². The van der Waals surface area contributed by atoms with Crippen molar-refractivity contribution < 1.29 is 4.74 Å². The molecule has 4 nitrogen and oxygen atoms in total. The minimum Gasteiger partial charge on any atom is -0.492 e. The van der Waals surface area contributed by atoms with Gasteiger partial charge in [0.15, 0.2) is 0 Å². The summed E-state index contributed by atoms with van der Waals surface area (Å²) in [6.45, 7) is 2.52. The molecule has 3 aromatic rings. The molecule has 0 radical (unpaired) electrons.